The molecule has 0 bridgehead atoms. The Bertz CT molecular complexity index is 1480. The van der Waals surface area contributed by atoms with Crippen LogP contribution in [0.25, 0.3) is 0 Å². The van der Waals surface area contributed by atoms with E-state index in [1.54, 1.807) is 49.4 Å². The van der Waals surface area contributed by atoms with Crippen LogP contribution in [0, 0.1) is 13.8 Å². The number of carboxylic acid groups (broad SMARTS) is 1. The van der Waals surface area contributed by atoms with Crippen LogP contribution in [0.3, 0.4) is 0 Å². The highest BCUT2D eigenvalue weighted by atomic mass is 16.4. The molecule has 0 saturated heterocycles. The standard InChI is InChI=1S/C12H14O4.C9H7NO2.C8H5NO2/c1-7-3-10(6-12(15)16)11(14)5-9(7)4-8(2)13;1-5-2-3-7-6(4-5)8(11)9(12)10-7;10-7-5-3-1-2-4-6(5)9-8(7)11/h3,5,14H,4,6H2,1-2H3,(H,15,16);2-4H,1H3,(H,10,11,12);1-4H,(H,9,10,11). The molecule has 39 heavy (non-hydrogen) atoms. The number of carboxylic acids is 1. The average molecular weight is 531 g/mol. The van der Waals surface area contributed by atoms with Crippen LogP contribution in [0.15, 0.2) is 54.6 Å². The van der Waals surface area contributed by atoms with Crippen LogP contribution in [0.1, 0.15) is 49.9 Å². The van der Waals surface area contributed by atoms with Crippen LogP contribution in [-0.2, 0) is 32.0 Å². The maximum Gasteiger partial charge on any atom is 0.307 e. The van der Waals surface area contributed by atoms with E-state index in [4.69, 9.17) is 5.11 Å². The Morgan fingerprint density at radius 1 is 0.744 bits per heavy atom. The van der Waals surface area contributed by atoms with Crippen molar-refractivity contribution in [3.05, 3.63) is 88.0 Å². The molecule has 2 amide bonds. The van der Waals surface area contributed by atoms with Crippen molar-refractivity contribution < 1.29 is 39.0 Å². The highest BCUT2D eigenvalue weighted by Gasteiger charge is 2.27. The number of carbonyl (C=O) groups excluding carboxylic acids is 5. The number of hydrogen-bond acceptors (Lipinski definition) is 7. The molecule has 0 spiro atoms. The lowest BCUT2D eigenvalue weighted by atomic mass is 9.99. The first-order valence-corrected chi connectivity index (χ1v) is 11.8. The topological polar surface area (TPSA) is 167 Å². The molecule has 0 saturated carbocycles. The van der Waals surface area contributed by atoms with Crippen molar-refractivity contribution in [3.8, 4) is 5.75 Å². The van der Waals surface area contributed by atoms with Crippen molar-refractivity contribution in [2.45, 2.75) is 33.6 Å². The largest absolute Gasteiger partial charge is 0.508 e. The Labute approximate surface area is 223 Å². The van der Waals surface area contributed by atoms with Gasteiger partial charge in [0.1, 0.15) is 11.5 Å². The molecule has 0 radical (unpaired) electrons. The predicted molar refractivity (Wildman–Crippen MR) is 142 cm³/mol. The monoisotopic (exact) mass is 530 g/mol. The molecular formula is C29H26N2O8. The van der Waals surface area contributed by atoms with Gasteiger partial charge in [-0.2, -0.15) is 0 Å². The molecule has 0 unspecified atom stereocenters. The number of benzene rings is 3. The lowest BCUT2D eigenvalue weighted by Gasteiger charge is -2.08. The summed E-state index contributed by atoms with van der Waals surface area (Å²) in [5.41, 5.74) is 5.11. The Morgan fingerprint density at radius 3 is 1.92 bits per heavy atom. The van der Waals surface area contributed by atoms with Crippen molar-refractivity contribution >= 4 is 46.5 Å². The Balaban J connectivity index is 0.000000165. The third-order valence-corrected chi connectivity index (χ3v) is 5.82. The number of phenolic OH excluding ortho intramolecular Hbond substituents is 1. The van der Waals surface area contributed by atoms with E-state index in [1.165, 1.54) is 13.0 Å². The second-order valence-corrected chi connectivity index (χ2v) is 9.02. The molecule has 0 atom stereocenters. The van der Waals surface area contributed by atoms with E-state index in [1.807, 2.05) is 13.0 Å². The number of aryl methyl sites for hydroxylation is 2. The van der Waals surface area contributed by atoms with Crippen LogP contribution in [0.2, 0.25) is 0 Å². The van der Waals surface area contributed by atoms with E-state index in [-0.39, 0.29) is 24.4 Å². The van der Waals surface area contributed by atoms with Crippen molar-refractivity contribution in [1.82, 2.24) is 0 Å². The minimum absolute atomic E-state index is 0.00786. The molecule has 2 aliphatic heterocycles. The van der Waals surface area contributed by atoms with E-state index in [2.05, 4.69) is 10.6 Å². The smallest absolute Gasteiger partial charge is 0.307 e. The number of aromatic hydroxyl groups is 1. The number of hydrogen-bond donors (Lipinski definition) is 4. The zero-order valence-corrected chi connectivity index (χ0v) is 21.5. The number of aliphatic carboxylic acids is 1. The fraction of sp³-hybridized carbons (Fsp3) is 0.172. The first kappa shape index (κ1) is 28.5. The molecule has 4 N–H and O–H groups in total. The molecule has 3 aromatic carbocycles. The Kier molecular flexibility index (Phi) is 8.72. The molecule has 200 valence electrons. The second-order valence-electron chi connectivity index (χ2n) is 9.02. The first-order valence-electron chi connectivity index (χ1n) is 11.8. The highest BCUT2D eigenvalue weighted by molar-refractivity contribution is 6.52. The lowest BCUT2D eigenvalue weighted by Crippen LogP contribution is -2.12. The van der Waals surface area contributed by atoms with Crippen LogP contribution in [0.4, 0.5) is 11.4 Å². The zero-order valence-electron chi connectivity index (χ0n) is 21.5. The summed E-state index contributed by atoms with van der Waals surface area (Å²) in [6.07, 6.45) is 0.0414. The molecule has 10 nitrogen and oxygen atoms in total. The van der Waals surface area contributed by atoms with E-state index in [0.717, 1.165) is 16.7 Å². The molecule has 2 aliphatic rings. The van der Waals surface area contributed by atoms with Gasteiger partial charge in [0.25, 0.3) is 23.4 Å². The maximum atomic E-state index is 11.1. The van der Waals surface area contributed by atoms with E-state index < -0.39 is 29.4 Å². The predicted octanol–water partition coefficient (Wildman–Crippen LogP) is 3.41. The van der Waals surface area contributed by atoms with Crippen LogP contribution < -0.4 is 10.6 Å². The Hall–Kier alpha value is -5.12. The lowest BCUT2D eigenvalue weighted by molar-refractivity contribution is -0.136. The van der Waals surface area contributed by atoms with Gasteiger partial charge < -0.3 is 20.8 Å². The molecular weight excluding hydrogens is 504 g/mol. The number of nitrogens with one attached hydrogen (secondary N) is 2. The minimum Gasteiger partial charge on any atom is -0.508 e. The molecule has 10 heteroatoms. The third kappa shape index (κ3) is 7.01. The number of phenols is 1. The Morgan fingerprint density at radius 2 is 1.33 bits per heavy atom. The van der Waals surface area contributed by atoms with Crippen LogP contribution in [0.5, 0.6) is 5.75 Å². The molecule has 0 fully saturated rings. The summed E-state index contributed by atoms with van der Waals surface area (Å²) >= 11 is 0. The summed E-state index contributed by atoms with van der Waals surface area (Å²) in [7, 11) is 0. The number of rotatable bonds is 4. The number of carbonyl (C=O) groups is 6. The second kappa shape index (κ2) is 12.0. The summed E-state index contributed by atoms with van der Waals surface area (Å²) in [4.78, 5) is 65.3. The number of anilines is 2. The number of ketones is 3. The minimum atomic E-state index is -0.992. The van der Waals surface area contributed by atoms with Gasteiger partial charge in [-0.15, -0.1) is 0 Å². The first-order chi connectivity index (χ1) is 18.4. The molecule has 2 heterocycles. The maximum absolute atomic E-state index is 11.1. The average Bonchev–Trinajstić information content (AvgIpc) is 3.31. The summed E-state index contributed by atoms with van der Waals surface area (Å²) in [6.45, 7) is 5.15. The van der Waals surface area contributed by atoms with Gasteiger partial charge in [0.05, 0.1) is 28.9 Å². The van der Waals surface area contributed by atoms with Gasteiger partial charge in [0.15, 0.2) is 0 Å². The van der Waals surface area contributed by atoms with Crippen molar-refractivity contribution in [2.75, 3.05) is 10.6 Å². The molecule has 0 aliphatic carbocycles. The van der Waals surface area contributed by atoms with Crippen molar-refractivity contribution in [2.24, 2.45) is 0 Å². The molecule has 3 aromatic rings. The van der Waals surface area contributed by atoms with Gasteiger partial charge in [-0.25, -0.2) is 0 Å². The van der Waals surface area contributed by atoms with E-state index >= 15 is 0 Å². The highest BCUT2D eigenvalue weighted by Crippen LogP contribution is 2.24. The number of fused-ring (bicyclic) bond motifs is 2. The number of amides is 2. The van der Waals surface area contributed by atoms with Crippen molar-refractivity contribution in [3.63, 3.8) is 0 Å². The molecule has 5 rings (SSSR count). The summed E-state index contributed by atoms with van der Waals surface area (Å²) in [5, 5.41) is 23.2. The SMILES string of the molecule is CC(=O)Cc1cc(O)c(CC(=O)O)cc1C.Cc1ccc2c(c1)C(=O)C(=O)N2.O=C1Nc2ccccc2C1=O. The van der Waals surface area contributed by atoms with Gasteiger partial charge in [-0.05, 0) is 62.2 Å². The normalized spacial score (nSPS) is 12.7. The fourth-order valence-corrected chi connectivity index (χ4v) is 3.91. The van der Waals surface area contributed by atoms with Crippen LogP contribution >= 0.6 is 0 Å². The van der Waals surface area contributed by atoms with Gasteiger partial charge in [-0.1, -0.05) is 29.8 Å². The van der Waals surface area contributed by atoms with Gasteiger partial charge in [-0.3, -0.25) is 28.8 Å². The van der Waals surface area contributed by atoms with Gasteiger partial charge in [0.2, 0.25) is 0 Å². The zero-order chi connectivity index (χ0) is 28.9. The summed E-state index contributed by atoms with van der Waals surface area (Å²) in [5.74, 6) is -3.00. The quantitative estimate of drug-likeness (QED) is 0.372. The van der Waals surface area contributed by atoms with Gasteiger partial charge in [0, 0.05) is 12.0 Å². The van der Waals surface area contributed by atoms with Crippen molar-refractivity contribution in [1.29, 1.82) is 0 Å². The van der Waals surface area contributed by atoms with Crippen LogP contribution in [-0.4, -0.2) is 45.3 Å². The van der Waals surface area contributed by atoms with E-state index in [0.29, 0.717) is 28.1 Å². The van der Waals surface area contributed by atoms with E-state index in [9.17, 15) is 33.9 Å². The third-order valence-electron chi connectivity index (χ3n) is 5.82. The summed E-state index contributed by atoms with van der Waals surface area (Å²) < 4.78 is 0. The van der Waals surface area contributed by atoms with Gasteiger partial charge >= 0.3 is 5.97 Å². The number of para-hydroxylation sites is 1. The fourth-order valence-electron chi connectivity index (χ4n) is 3.91. The number of Topliss-reactive ketones (excluding diaryl/α,β-unsaturated/α-hetero) is 3. The molecule has 0 aromatic heterocycles. The summed E-state index contributed by atoms with van der Waals surface area (Å²) in [6, 6.07) is 15.2.